The molecule has 1 N–H and O–H groups in total. The van der Waals surface area contributed by atoms with Crippen molar-refractivity contribution in [1.82, 2.24) is 5.32 Å². The molecule has 0 saturated carbocycles. The van der Waals surface area contributed by atoms with E-state index in [9.17, 15) is 0 Å². The normalized spacial score (nSPS) is 12.2. The number of hydrogen-bond acceptors (Lipinski definition) is 2. The van der Waals surface area contributed by atoms with Crippen molar-refractivity contribution in [3.8, 4) is 5.75 Å². The Hall–Kier alpha value is -1.32. The minimum atomic E-state index is 0.128. The Bertz CT molecular complexity index is 625. The van der Waals surface area contributed by atoms with E-state index in [2.05, 4.69) is 66.3 Å². The first-order valence-electron chi connectivity index (χ1n) is 7.20. The second kappa shape index (κ2) is 7.10. The van der Waals surface area contributed by atoms with Gasteiger partial charge in [0.25, 0.3) is 0 Å². The molecule has 1 unspecified atom stereocenters. The van der Waals surface area contributed by atoms with Crippen LogP contribution in [0, 0.1) is 13.8 Å². The Balaban J connectivity index is 2.55. The minimum absolute atomic E-state index is 0.128. The van der Waals surface area contributed by atoms with Crippen LogP contribution in [0.5, 0.6) is 5.75 Å². The standard InChI is InChI=1S/C18H22BrNO/c1-5-20-18(15-8-6-12(2)10-13(15)3)16-11-14(19)7-9-17(16)21-4/h6-11,18,20H,5H2,1-4H3. The van der Waals surface area contributed by atoms with Crippen LogP contribution in [0.2, 0.25) is 0 Å². The second-order valence-corrected chi connectivity index (χ2v) is 6.15. The van der Waals surface area contributed by atoms with Crippen LogP contribution in [0.3, 0.4) is 0 Å². The highest BCUT2D eigenvalue weighted by Crippen LogP contribution is 2.34. The molecule has 2 aromatic rings. The van der Waals surface area contributed by atoms with Gasteiger partial charge in [0.1, 0.15) is 5.75 Å². The third kappa shape index (κ3) is 3.66. The van der Waals surface area contributed by atoms with Crippen molar-refractivity contribution in [1.29, 1.82) is 0 Å². The molecule has 1 atom stereocenters. The lowest BCUT2D eigenvalue weighted by molar-refractivity contribution is 0.404. The molecule has 0 aliphatic heterocycles. The van der Waals surface area contributed by atoms with Gasteiger partial charge in [-0.1, -0.05) is 46.6 Å². The van der Waals surface area contributed by atoms with E-state index >= 15 is 0 Å². The third-order valence-electron chi connectivity index (χ3n) is 3.65. The molecule has 0 aliphatic carbocycles. The van der Waals surface area contributed by atoms with E-state index in [1.807, 2.05) is 12.1 Å². The van der Waals surface area contributed by atoms with Crippen LogP contribution in [0.1, 0.15) is 35.2 Å². The Morgan fingerprint density at radius 2 is 1.86 bits per heavy atom. The van der Waals surface area contributed by atoms with Crippen LogP contribution < -0.4 is 10.1 Å². The molecule has 3 heteroatoms. The van der Waals surface area contributed by atoms with Crippen molar-refractivity contribution in [2.45, 2.75) is 26.8 Å². The largest absolute Gasteiger partial charge is 0.496 e. The topological polar surface area (TPSA) is 21.3 Å². The quantitative estimate of drug-likeness (QED) is 0.840. The molecule has 2 rings (SSSR count). The molecule has 2 nitrogen and oxygen atoms in total. The minimum Gasteiger partial charge on any atom is -0.496 e. The van der Waals surface area contributed by atoms with Crippen molar-refractivity contribution in [2.24, 2.45) is 0 Å². The summed E-state index contributed by atoms with van der Waals surface area (Å²) in [5.41, 5.74) is 5.02. The van der Waals surface area contributed by atoms with Crippen LogP contribution in [0.15, 0.2) is 40.9 Å². The molecule has 0 heterocycles. The zero-order valence-corrected chi connectivity index (χ0v) is 14.6. The summed E-state index contributed by atoms with van der Waals surface area (Å²) in [5, 5.41) is 3.58. The molecule has 0 saturated heterocycles. The number of nitrogens with one attached hydrogen (secondary N) is 1. The average molecular weight is 348 g/mol. The third-order valence-corrected chi connectivity index (χ3v) is 4.14. The lowest BCUT2D eigenvalue weighted by atomic mass is 9.93. The van der Waals surface area contributed by atoms with Crippen LogP contribution in [-0.4, -0.2) is 13.7 Å². The van der Waals surface area contributed by atoms with Crippen molar-refractivity contribution in [2.75, 3.05) is 13.7 Å². The molecule has 0 radical (unpaired) electrons. The predicted octanol–water partition coefficient (Wildman–Crippen LogP) is 4.77. The van der Waals surface area contributed by atoms with Gasteiger partial charge >= 0.3 is 0 Å². The van der Waals surface area contributed by atoms with Gasteiger partial charge in [-0.25, -0.2) is 0 Å². The number of halogens is 1. The highest BCUT2D eigenvalue weighted by molar-refractivity contribution is 9.10. The molecule has 2 aromatic carbocycles. The maximum Gasteiger partial charge on any atom is 0.124 e. The van der Waals surface area contributed by atoms with Gasteiger partial charge in [0, 0.05) is 10.0 Å². The van der Waals surface area contributed by atoms with Crippen LogP contribution in [-0.2, 0) is 0 Å². The smallest absolute Gasteiger partial charge is 0.124 e. The SMILES string of the molecule is CCNC(c1ccc(C)cc1C)c1cc(Br)ccc1OC. The predicted molar refractivity (Wildman–Crippen MR) is 92.1 cm³/mol. The van der Waals surface area contributed by atoms with Gasteiger partial charge < -0.3 is 10.1 Å². The van der Waals surface area contributed by atoms with Gasteiger partial charge in [-0.2, -0.15) is 0 Å². The number of benzene rings is 2. The zero-order valence-electron chi connectivity index (χ0n) is 13.0. The number of aryl methyl sites for hydroxylation is 2. The van der Waals surface area contributed by atoms with E-state index < -0.39 is 0 Å². The number of methoxy groups -OCH3 is 1. The first-order chi connectivity index (χ1) is 10.1. The molecule has 0 fully saturated rings. The number of hydrogen-bond donors (Lipinski definition) is 1. The highest BCUT2D eigenvalue weighted by atomic mass is 79.9. The van der Waals surface area contributed by atoms with E-state index in [-0.39, 0.29) is 6.04 Å². The van der Waals surface area contributed by atoms with Gasteiger partial charge in [-0.15, -0.1) is 0 Å². The summed E-state index contributed by atoms with van der Waals surface area (Å²) in [6, 6.07) is 12.9. The molecule has 0 aromatic heterocycles. The molecule has 112 valence electrons. The fourth-order valence-corrected chi connectivity index (χ4v) is 3.05. The fourth-order valence-electron chi connectivity index (χ4n) is 2.67. The molecular weight excluding hydrogens is 326 g/mol. The Labute approximate surface area is 135 Å². The molecular formula is C18H22BrNO. The van der Waals surface area contributed by atoms with Crippen LogP contribution in [0.4, 0.5) is 0 Å². The maximum absolute atomic E-state index is 5.55. The van der Waals surface area contributed by atoms with Gasteiger partial charge in [-0.3, -0.25) is 0 Å². The van der Waals surface area contributed by atoms with Crippen molar-refractivity contribution in [3.05, 3.63) is 63.1 Å². The molecule has 0 amide bonds. The van der Waals surface area contributed by atoms with E-state index in [4.69, 9.17) is 4.74 Å². The summed E-state index contributed by atoms with van der Waals surface area (Å²) in [5.74, 6) is 0.907. The van der Waals surface area contributed by atoms with Gasteiger partial charge in [0.05, 0.1) is 13.2 Å². The second-order valence-electron chi connectivity index (χ2n) is 5.24. The Morgan fingerprint density at radius 3 is 2.48 bits per heavy atom. The average Bonchev–Trinajstić information content (AvgIpc) is 2.45. The summed E-state index contributed by atoms with van der Waals surface area (Å²) < 4.78 is 6.61. The Kier molecular flexibility index (Phi) is 5.43. The van der Waals surface area contributed by atoms with Crippen LogP contribution >= 0.6 is 15.9 Å². The summed E-state index contributed by atoms with van der Waals surface area (Å²) in [6.45, 7) is 7.31. The van der Waals surface area contributed by atoms with E-state index in [0.717, 1.165) is 22.3 Å². The number of rotatable bonds is 5. The van der Waals surface area contributed by atoms with Gasteiger partial charge in [-0.05, 0) is 49.7 Å². The van der Waals surface area contributed by atoms with E-state index in [1.54, 1.807) is 7.11 Å². The highest BCUT2D eigenvalue weighted by Gasteiger charge is 2.19. The lowest BCUT2D eigenvalue weighted by Crippen LogP contribution is -2.23. The summed E-state index contributed by atoms with van der Waals surface area (Å²) in [7, 11) is 1.72. The molecule has 0 bridgehead atoms. The van der Waals surface area contributed by atoms with Gasteiger partial charge in [0.15, 0.2) is 0 Å². The fraction of sp³-hybridized carbons (Fsp3) is 0.333. The summed E-state index contributed by atoms with van der Waals surface area (Å²) in [6.07, 6.45) is 0. The molecule has 21 heavy (non-hydrogen) atoms. The molecule has 0 aliphatic rings. The molecule has 0 spiro atoms. The lowest BCUT2D eigenvalue weighted by Gasteiger charge is -2.23. The first-order valence-corrected chi connectivity index (χ1v) is 8.00. The Morgan fingerprint density at radius 1 is 1.10 bits per heavy atom. The van der Waals surface area contributed by atoms with Crippen molar-refractivity contribution < 1.29 is 4.74 Å². The van der Waals surface area contributed by atoms with E-state index in [1.165, 1.54) is 16.7 Å². The maximum atomic E-state index is 5.55. The van der Waals surface area contributed by atoms with E-state index in [0.29, 0.717) is 0 Å². The number of ether oxygens (including phenoxy) is 1. The van der Waals surface area contributed by atoms with Crippen molar-refractivity contribution in [3.63, 3.8) is 0 Å². The summed E-state index contributed by atoms with van der Waals surface area (Å²) in [4.78, 5) is 0. The first kappa shape index (κ1) is 16.1. The zero-order chi connectivity index (χ0) is 15.4. The van der Waals surface area contributed by atoms with Crippen LogP contribution in [0.25, 0.3) is 0 Å². The van der Waals surface area contributed by atoms with Crippen molar-refractivity contribution >= 4 is 15.9 Å². The summed E-state index contributed by atoms with van der Waals surface area (Å²) >= 11 is 3.56. The monoisotopic (exact) mass is 347 g/mol. The van der Waals surface area contributed by atoms with Gasteiger partial charge in [0.2, 0.25) is 0 Å².